The molecule has 0 radical (unpaired) electrons. The van der Waals surface area contributed by atoms with Crippen LogP contribution in [0.1, 0.15) is 17.3 Å². The van der Waals surface area contributed by atoms with E-state index in [4.69, 9.17) is 10.5 Å². The molecule has 0 spiro atoms. The highest BCUT2D eigenvalue weighted by atomic mass is 16.5. The zero-order valence-electron chi connectivity index (χ0n) is 15.3. The molecule has 0 saturated heterocycles. The van der Waals surface area contributed by atoms with E-state index < -0.39 is 17.8 Å². The summed E-state index contributed by atoms with van der Waals surface area (Å²) in [5.41, 5.74) is 6.62. The second-order valence-electron chi connectivity index (χ2n) is 5.60. The molecule has 8 heteroatoms. The van der Waals surface area contributed by atoms with Crippen molar-refractivity contribution in [2.24, 2.45) is 0 Å². The first-order chi connectivity index (χ1) is 13.4. The van der Waals surface area contributed by atoms with E-state index in [9.17, 15) is 19.6 Å². The van der Waals surface area contributed by atoms with Gasteiger partial charge in [-0.1, -0.05) is 12.1 Å². The second-order valence-corrected chi connectivity index (χ2v) is 5.60. The molecule has 0 aliphatic carbocycles. The number of nitrogens with two attached hydrogens (primary N) is 1. The number of nitrogens with zero attached hydrogens (tertiary/aromatic N) is 2. The number of methoxy groups -OCH3 is 1. The van der Waals surface area contributed by atoms with Crippen molar-refractivity contribution >= 4 is 34.8 Å². The number of anilines is 3. The Balaban J connectivity index is 2.34. The van der Waals surface area contributed by atoms with Gasteiger partial charge in [0.2, 0.25) is 5.91 Å². The predicted octanol–water partition coefficient (Wildman–Crippen LogP) is 2.45. The van der Waals surface area contributed by atoms with E-state index >= 15 is 0 Å². The SMILES string of the molecule is COC(=O)c1ccccc1N/C=C(/C#N)C(=O)N(C(C)=O)c1ccc(N)cc1. The van der Waals surface area contributed by atoms with Gasteiger partial charge in [0, 0.05) is 18.8 Å². The van der Waals surface area contributed by atoms with Crippen LogP contribution >= 0.6 is 0 Å². The number of nitriles is 1. The first-order valence-electron chi connectivity index (χ1n) is 8.13. The lowest BCUT2D eigenvalue weighted by Crippen LogP contribution is -2.36. The van der Waals surface area contributed by atoms with Crippen molar-refractivity contribution in [3.63, 3.8) is 0 Å². The van der Waals surface area contributed by atoms with Crippen molar-refractivity contribution in [3.05, 3.63) is 65.9 Å². The predicted molar refractivity (Wildman–Crippen MR) is 104 cm³/mol. The van der Waals surface area contributed by atoms with Gasteiger partial charge in [0.15, 0.2) is 0 Å². The van der Waals surface area contributed by atoms with Crippen LogP contribution in [0.2, 0.25) is 0 Å². The smallest absolute Gasteiger partial charge is 0.339 e. The first-order valence-corrected chi connectivity index (χ1v) is 8.13. The van der Waals surface area contributed by atoms with Crippen LogP contribution < -0.4 is 16.0 Å². The minimum Gasteiger partial charge on any atom is -0.465 e. The second kappa shape index (κ2) is 9.00. The number of hydrogen-bond donors (Lipinski definition) is 2. The van der Waals surface area contributed by atoms with Gasteiger partial charge in [0.05, 0.1) is 24.0 Å². The van der Waals surface area contributed by atoms with Gasteiger partial charge in [0.1, 0.15) is 11.6 Å². The Morgan fingerprint density at radius 1 is 1.14 bits per heavy atom. The highest BCUT2D eigenvalue weighted by Gasteiger charge is 2.24. The Morgan fingerprint density at radius 3 is 2.36 bits per heavy atom. The maximum Gasteiger partial charge on any atom is 0.339 e. The first kappa shape index (κ1) is 20.2. The summed E-state index contributed by atoms with van der Waals surface area (Å²) in [7, 11) is 1.25. The summed E-state index contributed by atoms with van der Waals surface area (Å²) in [5.74, 6) is -1.96. The highest BCUT2D eigenvalue weighted by Crippen LogP contribution is 2.20. The molecular weight excluding hydrogens is 360 g/mol. The molecule has 2 aromatic carbocycles. The average molecular weight is 378 g/mol. The van der Waals surface area contributed by atoms with Gasteiger partial charge in [-0.05, 0) is 36.4 Å². The van der Waals surface area contributed by atoms with Crippen LogP contribution in [-0.4, -0.2) is 24.9 Å². The molecule has 0 atom stereocenters. The van der Waals surface area contributed by atoms with E-state index in [1.54, 1.807) is 36.4 Å². The standard InChI is InChI=1S/C20H18N4O4/c1-13(25)24(16-9-7-15(22)8-10-16)19(26)14(11-21)12-23-18-6-4-3-5-17(18)20(27)28-2/h3-10,12,23H,22H2,1-2H3/b14-12-. The Bertz CT molecular complexity index is 974. The maximum atomic E-state index is 12.7. The molecule has 0 fully saturated rings. The number of nitrogens with one attached hydrogen (secondary N) is 1. The van der Waals surface area contributed by atoms with Crippen LogP contribution in [-0.2, 0) is 14.3 Å². The lowest BCUT2D eigenvalue weighted by atomic mass is 10.1. The number of rotatable bonds is 5. The minimum atomic E-state index is -0.817. The van der Waals surface area contributed by atoms with Crippen LogP contribution in [0.15, 0.2) is 60.3 Å². The molecule has 0 aliphatic heterocycles. The molecule has 3 N–H and O–H groups in total. The number of hydrogen-bond acceptors (Lipinski definition) is 7. The summed E-state index contributed by atoms with van der Waals surface area (Å²) in [6.45, 7) is 1.21. The number of para-hydroxylation sites is 1. The largest absolute Gasteiger partial charge is 0.465 e. The van der Waals surface area contributed by atoms with Crippen LogP contribution in [0.3, 0.4) is 0 Å². The number of carbonyl (C=O) groups is 3. The van der Waals surface area contributed by atoms with E-state index in [0.717, 1.165) is 11.1 Å². The molecule has 0 bridgehead atoms. The van der Waals surface area contributed by atoms with Crippen LogP contribution in [0.5, 0.6) is 0 Å². The van der Waals surface area contributed by atoms with E-state index in [-0.39, 0.29) is 16.8 Å². The van der Waals surface area contributed by atoms with E-state index in [2.05, 4.69) is 5.32 Å². The summed E-state index contributed by atoms with van der Waals surface area (Å²) in [6, 6.07) is 14.3. The van der Waals surface area contributed by atoms with Crippen molar-refractivity contribution in [2.45, 2.75) is 6.92 Å². The molecular formula is C20H18N4O4. The van der Waals surface area contributed by atoms with Gasteiger partial charge < -0.3 is 15.8 Å². The fraction of sp³-hybridized carbons (Fsp3) is 0.100. The summed E-state index contributed by atoms with van der Waals surface area (Å²) >= 11 is 0. The Labute approximate surface area is 161 Å². The van der Waals surface area contributed by atoms with Gasteiger partial charge in [-0.3, -0.25) is 9.59 Å². The van der Waals surface area contributed by atoms with E-state index in [0.29, 0.717) is 11.4 Å². The number of ether oxygens (including phenoxy) is 1. The number of amides is 2. The van der Waals surface area contributed by atoms with Crippen molar-refractivity contribution in [2.75, 3.05) is 23.1 Å². The third kappa shape index (κ3) is 4.53. The quantitative estimate of drug-likeness (QED) is 0.354. The van der Waals surface area contributed by atoms with Crippen LogP contribution in [0.25, 0.3) is 0 Å². The van der Waals surface area contributed by atoms with Crippen molar-refractivity contribution < 1.29 is 19.1 Å². The van der Waals surface area contributed by atoms with Gasteiger partial charge in [-0.15, -0.1) is 0 Å². The van der Waals surface area contributed by atoms with Gasteiger partial charge in [-0.25, -0.2) is 9.69 Å². The molecule has 142 valence electrons. The third-order valence-corrected chi connectivity index (χ3v) is 3.72. The molecule has 0 aromatic heterocycles. The molecule has 0 saturated carbocycles. The van der Waals surface area contributed by atoms with E-state index in [1.807, 2.05) is 0 Å². The number of imide groups is 1. The van der Waals surface area contributed by atoms with Crippen LogP contribution in [0, 0.1) is 11.3 Å². The fourth-order valence-electron chi connectivity index (χ4n) is 2.37. The Morgan fingerprint density at radius 2 is 1.79 bits per heavy atom. The van der Waals surface area contributed by atoms with Gasteiger partial charge in [-0.2, -0.15) is 5.26 Å². The normalized spacial score (nSPS) is 10.5. The highest BCUT2D eigenvalue weighted by molar-refractivity contribution is 6.21. The molecule has 8 nitrogen and oxygen atoms in total. The van der Waals surface area contributed by atoms with Crippen molar-refractivity contribution in [3.8, 4) is 6.07 Å². The van der Waals surface area contributed by atoms with E-state index in [1.165, 1.54) is 32.2 Å². The molecule has 2 rings (SSSR count). The number of benzene rings is 2. The number of nitrogen functional groups attached to an aromatic ring is 1. The Hall–Kier alpha value is -4.12. The maximum absolute atomic E-state index is 12.7. The third-order valence-electron chi connectivity index (χ3n) is 3.72. The Kier molecular flexibility index (Phi) is 6.49. The van der Waals surface area contributed by atoms with Gasteiger partial charge >= 0.3 is 5.97 Å². The van der Waals surface area contributed by atoms with Crippen molar-refractivity contribution in [1.82, 2.24) is 0 Å². The summed E-state index contributed by atoms with van der Waals surface area (Å²) in [6.07, 6.45) is 1.14. The monoisotopic (exact) mass is 378 g/mol. The van der Waals surface area contributed by atoms with Gasteiger partial charge in [0.25, 0.3) is 5.91 Å². The fourth-order valence-corrected chi connectivity index (χ4v) is 2.37. The van der Waals surface area contributed by atoms with Crippen LogP contribution in [0.4, 0.5) is 17.1 Å². The summed E-state index contributed by atoms with van der Waals surface area (Å²) in [4.78, 5) is 37.4. The topological polar surface area (TPSA) is 126 Å². The zero-order valence-corrected chi connectivity index (χ0v) is 15.3. The molecule has 0 aliphatic rings. The molecule has 2 amide bonds. The minimum absolute atomic E-state index is 0.230. The van der Waals surface area contributed by atoms with Crippen molar-refractivity contribution in [1.29, 1.82) is 5.26 Å². The average Bonchev–Trinajstić information content (AvgIpc) is 2.69. The number of esters is 1. The number of carbonyl (C=O) groups excluding carboxylic acids is 3. The molecule has 0 heterocycles. The summed E-state index contributed by atoms with van der Waals surface area (Å²) < 4.78 is 4.70. The lowest BCUT2D eigenvalue weighted by Gasteiger charge is -2.19. The molecule has 28 heavy (non-hydrogen) atoms. The molecule has 2 aromatic rings. The molecule has 0 unspecified atom stereocenters. The lowest BCUT2D eigenvalue weighted by molar-refractivity contribution is -0.123. The zero-order chi connectivity index (χ0) is 20.7. The summed E-state index contributed by atoms with van der Waals surface area (Å²) in [5, 5.41) is 12.1.